The summed E-state index contributed by atoms with van der Waals surface area (Å²) in [5.74, 6) is -25.9. The van der Waals surface area contributed by atoms with Crippen LogP contribution in [-0.4, -0.2) is 60.8 Å². The van der Waals surface area contributed by atoms with E-state index < -0.39 is 60.8 Å². The molecule has 0 fully saturated rings. The van der Waals surface area contributed by atoms with Crippen LogP contribution in [0.15, 0.2) is 0 Å². The van der Waals surface area contributed by atoms with Crippen LogP contribution in [0.25, 0.3) is 0 Å². The minimum atomic E-state index is -8.01. The smallest absolute Gasteiger partial charge is 0.351 e. The molecule has 0 saturated carbocycles. The van der Waals surface area contributed by atoms with Gasteiger partial charge in [-0.15, -0.1) is 0 Å². The minimum Gasteiger partial charge on any atom is -0.351 e. The number of carbonyl (C=O) groups is 1. The molecular weight excluding hydrogens is 589 g/mol. The Kier molecular flexibility index (Phi) is 11.2. The first-order chi connectivity index (χ1) is 16.6. The van der Waals surface area contributed by atoms with Crippen molar-refractivity contribution in [3.8, 4) is 0 Å². The fraction of sp³-hybridized carbons (Fsp3) is 0.941. The lowest BCUT2D eigenvalue weighted by molar-refractivity contribution is -0.548. The van der Waals surface area contributed by atoms with Crippen molar-refractivity contribution < 1.29 is 88.9 Å². The van der Waals surface area contributed by atoms with Crippen LogP contribution in [0, 0.1) is 0 Å². The number of ether oxygens (including phenoxy) is 2. The van der Waals surface area contributed by atoms with E-state index in [0.29, 0.717) is 19.3 Å². The third-order valence-electron chi connectivity index (χ3n) is 4.47. The average molecular weight is 607 g/mol. The van der Waals surface area contributed by atoms with Crippen LogP contribution in [0.1, 0.15) is 45.4 Å². The second-order valence-corrected chi connectivity index (χ2v) is 7.52. The maximum atomic E-state index is 14.3. The van der Waals surface area contributed by atoms with E-state index >= 15 is 0 Å². The molecule has 0 spiro atoms. The summed E-state index contributed by atoms with van der Waals surface area (Å²) >= 11 is 0. The predicted molar refractivity (Wildman–Crippen MR) is 89.2 cm³/mol. The zero-order valence-corrected chi connectivity index (χ0v) is 18.6. The predicted octanol–water partition coefficient (Wildman–Crippen LogP) is 7.34. The molecule has 228 valence electrons. The van der Waals surface area contributed by atoms with E-state index in [-0.39, 0.29) is 12.8 Å². The van der Waals surface area contributed by atoms with Crippen molar-refractivity contribution in [2.24, 2.45) is 0 Å². The Morgan fingerprint density at radius 2 is 1.03 bits per heavy atom. The Hall–Kier alpha value is -1.80. The standard InChI is InChI=1S/C17H18F17NO3/c1-2-3-4-5-6-7-8-35-9(36)10(18,13(22,23)24)37-17(33,34)12(21,15(28,29)30)38-16(31,32)11(19,20)14(25,26)27/h2-8H2,1H3,(H,35,36)/t10-,12-/m1/s1. The lowest BCUT2D eigenvalue weighted by Crippen LogP contribution is -2.68. The van der Waals surface area contributed by atoms with Gasteiger partial charge in [0.05, 0.1) is 0 Å². The summed E-state index contributed by atoms with van der Waals surface area (Å²) < 4.78 is 225. The number of amides is 1. The van der Waals surface area contributed by atoms with Gasteiger partial charge in [-0.25, -0.2) is 0 Å². The Balaban J connectivity index is 6.22. The fourth-order valence-electron chi connectivity index (χ4n) is 2.38. The van der Waals surface area contributed by atoms with Crippen molar-refractivity contribution in [1.29, 1.82) is 0 Å². The zero-order valence-electron chi connectivity index (χ0n) is 18.6. The number of hydrogen-bond donors (Lipinski definition) is 1. The summed E-state index contributed by atoms with van der Waals surface area (Å²) in [6, 6.07) is 0. The molecule has 0 unspecified atom stereocenters. The number of hydrogen-bond acceptors (Lipinski definition) is 3. The van der Waals surface area contributed by atoms with E-state index in [0.717, 1.165) is 11.7 Å². The largest absolute Gasteiger partial charge is 0.462 e. The second-order valence-electron chi connectivity index (χ2n) is 7.52. The Morgan fingerprint density at radius 1 is 0.579 bits per heavy atom. The van der Waals surface area contributed by atoms with Crippen LogP contribution in [0.5, 0.6) is 0 Å². The molecule has 21 heteroatoms. The van der Waals surface area contributed by atoms with Crippen LogP contribution < -0.4 is 5.32 Å². The molecule has 1 amide bonds. The van der Waals surface area contributed by atoms with Gasteiger partial charge < -0.3 is 5.32 Å². The molecule has 0 aromatic heterocycles. The Bertz CT molecular complexity index is 779. The molecular formula is C17H18F17NO3. The summed E-state index contributed by atoms with van der Waals surface area (Å²) in [5, 5.41) is 0.972. The van der Waals surface area contributed by atoms with Crippen LogP contribution in [0.3, 0.4) is 0 Å². The second kappa shape index (κ2) is 11.7. The molecule has 1 N–H and O–H groups in total. The van der Waals surface area contributed by atoms with Crippen molar-refractivity contribution in [3.05, 3.63) is 0 Å². The molecule has 0 saturated heterocycles. The van der Waals surface area contributed by atoms with Crippen molar-refractivity contribution >= 4 is 5.91 Å². The molecule has 4 nitrogen and oxygen atoms in total. The maximum Gasteiger partial charge on any atom is 0.462 e. The van der Waals surface area contributed by atoms with Gasteiger partial charge in [-0.05, 0) is 6.42 Å². The molecule has 38 heavy (non-hydrogen) atoms. The van der Waals surface area contributed by atoms with E-state index in [1.54, 1.807) is 6.92 Å². The third-order valence-corrected chi connectivity index (χ3v) is 4.47. The van der Waals surface area contributed by atoms with Crippen molar-refractivity contribution in [2.75, 3.05) is 6.54 Å². The summed E-state index contributed by atoms with van der Waals surface area (Å²) in [4.78, 5) is 11.6. The van der Waals surface area contributed by atoms with Gasteiger partial charge in [-0.2, -0.15) is 74.6 Å². The van der Waals surface area contributed by atoms with Gasteiger partial charge in [0.25, 0.3) is 5.91 Å². The highest BCUT2D eigenvalue weighted by molar-refractivity contribution is 5.84. The lowest BCUT2D eigenvalue weighted by Gasteiger charge is -2.40. The molecule has 0 aromatic rings. The van der Waals surface area contributed by atoms with Gasteiger partial charge in [0, 0.05) is 6.54 Å². The third kappa shape index (κ3) is 7.65. The van der Waals surface area contributed by atoms with E-state index in [1.165, 1.54) is 4.74 Å². The molecule has 0 bridgehead atoms. The normalized spacial score (nSPS) is 17.6. The van der Waals surface area contributed by atoms with E-state index in [1.807, 2.05) is 4.74 Å². The Morgan fingerprint density at radius 3 is 1.42 bits per heavy atom. The van der Waals surface area contributed by atoms with Crippen molar-refractivity contribution in [3.63, 3.8) is 0 Å². The summed E-state index contributed by atoms with van der Waals surface area (Å²) in [7, 11) is 0. The highest BCUT2D eigenvalue weighted by atomic mass is 19.4. The number of unbranched alkanes of at least 4 members (excludes halogenated alkanes) is 5. The molecule has 2 atom stereocenters. The van der Waals surface area contributed by atoms with Gasteiger partial charge in [0.1, 0.15) is 0 Å². The highest BCUT2D eigenvalue weighted by Gasteiger charge is 2.85. The van der Waals surface area contributed by atoms with E-state index in [9.17, 15) is 79.4 Å². The molecule has 0 rings (SSSR count). The van der Waals surface area contributed by atoms with Gasteiger partial charge >= 0.3 is 48.4 Å². The van der Waals surface area contributed by atoms with Crippen LogP contribution in [0.4, 0.5) is 74.6 Å². The first kappa shape index (κ1) is 36.2. The highest BCUT2D eigenvalue weighted by Crippen LogP contribution is 2.56. The van der Waals surface area contributed by atoms with Crippen molar-refractivity contribution in [2.45, 2.75) is 93.8 Å². The maximum absolute atomic E-state index is 14.3. The topological polar surface area (TPSA) is 47.6 Å². The molecule has 0 heterocycles. The zero-order chi connectivity index (χ0) is 30.6. The number of halogens is 17. The molecule has 0 aromatic carbocycles. The fourth-order valence-corrected chi connectivity index (χ4v) is 2.38. The molecule has 0 aliphatic carbocycles. The molecule has 0 radical (unpaired) electrons. The molecule has 0 aliphatic rings. The van der Waals surface area contributed by atoms with Crippen LogP contribution >= 0.6 is 0 Å². The van der Waals surface area contributed by atoms with Gasteiger partial charge in [-0.3, -0.25) is 14.3 Å². The first-order valence-electron chi connectivity index (χ1n) is 10.0. The monoisotopic (exact) mass is 607 g/mol. The van der Waals surface area contributed by atoms with Gasteiger partial charge in [0.2, 0.25) is 0 Å². The summed E-state index contributed by atoms with van der Waals surface area (Å²) in [6.07, 6.45) is -36.0. The number of alkyl halides is 17. The van der Waals surface area contributed by atoms with E-state index in [4.69, 9.17) is 0 Å². The quantitative estimate of drug-likeness (QED) is 0.166. The SMILES string of the molecule is CCCCCCCCNC(=O)[C@@](F)(OC(F)(F)[C@](F)(OC(F)(F)C(F)(F)C(F)(F)F)C(F)(F)F)C(F)(F)F. The number of nitrogens with one attached hydrogen (secondary N) is 1. The van der Waals surface area contributed by atoms with E-state index in [2.05, 4.69) is 0 Å². The summed E-state index contributed by atoms with van der Waals surface area (Å²) in [6.45, 7) is 0.834. The van der Waals surface area contributed by atoms with Gasteiger partial charge in [-0.1, -0.05) is 39.0 Å². The van der Waals surface area contributed by atoms with Crippen LogP contribution in [0.2, 0.25) is 0 Å². The Labute approximate surface area is 201 Å². The van der Waals surface area contributed by atoms with Crippen LogP contribution in [-0.2, 0) is 14.3 Å². The minimum absolute atomic E-state index is 0.139. The number of rotatable bonds is 14. The lowest BCUT2D eigenvalue weighted by atomic mass is 10.1. The molecule has 0 aliphatic heterocycles. The average Bonchev–Trinajstić information content (AvgIpc) is 2.69. The summed E-state index contributed by atoms with van der Waals surface area (Å²) in [5.41, 5.74) is 0. The van der Waals surface area contributed by atoms with Crippen molar-refractivity contribution in [1.82, 2.24) is 5.32 Å². The van der Waals surface area contributed by atoms with Gasteiger partial charge in [0.15, 0.2) is 0 Å². The first-order valence-corrected chi connectivity index (χ1v) is 10.0. The number of carbonyl (C=O) groups excluding carboxylic acids is 1.